The molecule has 0 radical (unpaired) electrons. The minimum Gasteiger partial charge on any atom is -0.396 e. The second-order valence-corrected chi connectivity index (χ2v) is 5.69. The number of hydrogen-bond acceptors (Lipinski definition) is 4. The first kappa shape index (κ1) is 16.2. The fraction of sp³-hybridized carbons (Fsp3) is 0.533. The normalized spacial score (nSPS) is 21.2. The van der Waals surface area contributed by atoms with Gasteiger partial charge in [-0.3, -0.25) is 10.1 Å². The molecule has 1 aliphatic rings. The number of nitrogens with zero attached hydrogens (tertiary/aromatic N) is 1. The molecule has 7 heteroatoms. The minimum absolute atomic E-state index is 0.00363. The van der Waals surface area contributed by atoms with Gasteiger partial charge in [0, 0.05) is 36.4 Å². The molecule has 0 aliphatic heterocycles. The van der Waals surface area contributed by atoms with Gasteiger partial charge in [-0.05, 0) is 31.4 Å². The summed E-state index contributed by atoms with van der Waals surface area (Å²) in [6.45, 7) is 1.78. The highest BCUT2D eigenvalue weighted by atomic mass is 16.6. The van der Waals surface area contributed by atoms with E-state index in [0.717, 1.165) is 25.7 Å². The Kier molecular flexibility index (Phi) is 5.32. The van der Waals surface area contributed by atoms with Crippen molar-refractivity contribution in [2.24, 2.45) is 5.92 Å². The maximum Gasteiger partial charge on any atom is 0.319 e. The molecule has 2 rings (SSSR count). The lowest BCUT2D eigenvalue weighted by Crippen LogP contribution is -2.45. The molecular weight excluding hydrogens is 286 g/mol. The number of aryl methyl sites for hydroxylation is 1. The lowest BCUT2D eigenvalue weighted by atomic mass is 9.85. The first-order valence-electron chi connectivity index (χ1n) is 7.44. The predicted octanol–water partition coefficient (Wildman–Crippen LogP) is 2.58. The van der Waals surface area contributed by atoms with Crippen LogP contribution in [0.25, 0.3) is 0 Å². The summed E-state index contributed by atoms with van der Waals surface area (Å²) in [6, 6.07) is 3.93. The first-order chi connectivity index (χ1) is 10.5. The summed E-state index contributed by atoms with van der Waals surface area (Å²) < 4.78 is 0. The van der Waals surface area contributed by atoms with Crippen LogP contribution in [0, 0.1) is 23.0 Å². The summed E-state index contributed by atoms with van der Waals surface area (Å²) in [5.74, 6) is 0.0949. The van der Waals surface area contributed by atoms with E-state index in [1.807, 2.05) is 0 Å². The fourth-order valence-electron chi connectivity index (χ4n) is 2.84. The molecule has 1 fully saturated rings. The summed E-state index contributed by atoms with van der Waals surface area (Å²) in [5, 5.41) is 25.7. The van der Waals surface area contributed by atoms with Gasteiger partial charge < -0.3 is 15.7 Å². The number of aliphatic hydroxyl groups excluding tert-OH is 1. The van der Waals surface area contributed by atoms with E-state index >= 15 is 0 Å². The van der Waals surface area contributed by atoms with E-state index in [-0.39, 0.29) is 30.3 Å². The molecule has 1 aromatic carbocycles. The molecule has 0 unspecified atom stereocenters. The zero-order valence-electron chi connectivity index (χ0n) is 12.5. The average molecular weight is 307 g/mol. The molecule has 0 spiro atoms. The highest BCUT2D eigenvalue weighted by Gasteiger charge is 2.25. The molecule has 0 saturated heterocycles. The Morgan fingerprint density at radius 1 is 1.41 bits per heavy atom. The van der Waals surface area contributed by atoms with Crippen molar-refractivity contribution in [1.82, 2.24) is 5.32 Å². The molecule has 0 heterocycles. The van der Waals surface area contributed by atoms with E-state index in [2.05, 4.69) is 10.6 Å². The van der Waals surface area contributed by atoms with Crippen LogP contribution in [0.2, 0.25) is 0 Å². The van der Waals surface area contributed by atoms with Crippen LogP contribution < -0.4 is 10.6 Å². The van der Waals surface area contributed by atoms with E-state index in [1.54, 1.807) is 6.92 Å². The lowest BCUT2D eigenvalue weighted by Gasteiger charge is -2.30. The molecule has 22 heavy (non-hydrogen) atoms. The Hall–Kier alpha value is -2.15. The number of hydrogen-bond donors (Lipinski definition) is 3. The Bertz CT molecular complexity index is 562. The van der Waals surface area contributed by atoms with Crippen LogP contribution in [0.3, 0.4) is 0 Å². The largest absolute Gasteiger partial charge is 0.396 e. The zero-order chi connectivity index (χ0) is 16.1. The molecule has 3 N–H and O–H groups in total. The maximum atomic E-state index is 12.1. The van der Waals surface area contributed by atoms with Crippen molar-refractivity contribution in [2.45, 2.75) is 38.6 Å². The smallest absolute Gasteiger partial charge is 0.319 e. The van der Waals surface area contributed by atoms with Crippen LogP contribution in [0.5, 0.6) is 0 Å². The summed E-state index contributed by atoms with van der Waals surface area (Å²) in [4.78, 5) is 22.3. The van der Waals surface area contributed by atoms with Gasteiger partial charge in [0.15, 0.2) is 0 Å². The number of anilines is 1. The summed E-state index contributed by atoms with van der Waals surface area (Å²) in [6.07, 6.45) is 3.89. The first-order valence-corrected chi connectivity index (χ1v) is 7.44. The molecular formula is C15H21N3O4. The predicted molar refractivity (Wildman–Crippen MR) is 82.8 cm³/mol. The molecule has 1 aliphatic carbocycles. The number of nitro groups is 1. The van der Waals surface area contributed by atoms with Crippen LogP contribution in [0.15, 0.2) is 18.2 Å². The van der Waals surface area contributed by atoms with Crippen molar-refractivity contribution in [3.63, 3.8) is 0 Å². The number of aliphatic hydroxyl groups is 1. The summed E-state index contributed by atoms with van der Waals surface area (Å²) in [5.41, 5.74) is 1.17. The third kappa shape index (κ3) is 3.94. The van der Waals surface area contributed by atoms with Gasteiger partial charge in [0.2, 0.25) is 0 Å². The molecule has 1 saturated carbocycles. The van der Waals surface area contributed by atoms with Crippen molar-refractivity contribution in [3.8, 4) is 0 Å². The number of rotatable bonds is 4. The molecule has 0 aromatic heterocycles. The van der Waals surface area contributed by atoms with Crippen molar-refractivity contribution >= 4 is 17.4 Å². The van der Waals surface area contributed by atoms with E-state index in [4.69, 9.17) is 0 Å². The Morgan fingerprint density at radius 2 is 2.14 bits per heavy atom. The third-order valence-electron chi connectivity index (χ3n) is 4.13. The van der Waals surface area contributed by atoms with Gasteiger partial charge in [-0.2, -0.15) is 0 Å². The average Bonchev–Trinajstić information content (AvgIpc) is 2.49. The standard InChI is InChI=1S/C15H21N3O4/c1-10-8-12(18(21)22)6-7-13(10)16-15(20)17-14-5-3-2-4-11(14)9-19/h6-8,11,14,19H,2-5,9H2,1H3,(H2,16,17,20)/t11-,14+/m1/s1. The number of nitrogens with one attached hydrogen (secondary N) is 2. The number of urea groups is 1. The monoisotopic (exact) mass is 307 g/mol. The Balaban J connectivity index is 1.98. The highest BCUT2D eigenvalue weighted by Crippen LogP contribution is 2.25. The molecule has 120 valence electrons. The second-order valence-electron chi connectivity index (χ2n) is 5.69. The zero-order valence-corrected chi connectivity index (χ0v) is 12.5. The highest BCUT2D eigenvalue weighted by molar-refractivity contribution is 5.90. The number of benzene rings is 1. The Morgan fingerprint density at radius 3 is 2.77 bits per heavy atom. The number of amides is 2. The lowest BCUT2D eigenvalue weighted by molar-refractivity contribution is -0.384. The topological polar surface area (TPSA) is 105 Å². The van der Waals surface area contributed by atoms with Crippen LogP contribution in [0.1, 0.15) is 31.2 Å². The van der Waals surface area contributed by atoms with Gasteiger partial charge >= 0.3 is 6.03 Å². The van der Waals surface area contributed by atoms with Crippen molar-refractivity contribution in [2.75, 3.05) is 11.9 Å². The summed E-state index contributed by atoms with van der Waals surface area (Å²) in [7, 11) is 0. The van der Waals surface area contributed by atoms with Crippen molar-refractivity contribution < 1.29 is 14.8 Å². The van der Waals surface area contributed by atoms with Crippen LogP contribution in [0.4, 0.5) is 16.2 Å². The van der Waals surface area contributed by atoms with Gasteiger partial charge in [-0.15, -0.1) is 0 Å². The molecule has 2 amide bonds. The molecule has 0 bridgehead atoms. The van der Waals surface area contributed by atoms with Crippen LogP contribution >= 0.6 is 0 Å². The molecule has 2 atom stereocenters. The van der Waals surface area contributed by atoms with E-state index in [9.17, 15) is 20.0 Å². The maximum absolute atomic E-state index is 12.1. The van der Waals surface area contributed by atoms with Crippen molar-refractivity contribution in [3.05, 3.63) is 33.9 Å². The quantitative estimate of drug-likeness (QED) is 0.587. The van der Waals surface area contributed by atoms with Gasteiger partial charge in [0.1, 0.15) is 0 Å². The van der Waals surface area contributed by atoms with E-state index in [0.29, 0.717) is 11.3 Å². The van der Waals surface area contributed by atoms with Gasteiger partial charge in [0.05, 0.1) is 4.92 Å². The number of nitro benzene ring substituents is 1. The van der Waals surface area contributed by atoms with Gasteiger partial charge in [-0.1, -0.05) is 12.8 Å². The molecule has 7 nitrogen and oxygen atoms in total. The van der Waals surface area contributed by atoms with E-state index < -0.39 is 4.92 Å². The van der Waals surface area contributed by atoms with Crippen LogP contribution in [-0.2, 0) is 0 Å². The van der Waals surface area contributed by atoms with Crippen LogP contribution in [-0.4, -0.2) is 28.7 Å². The SMILES string of the molecule is Cc1cc([N+](=O)[O-])ccc1NC(=O)N[C@H]1CCCC[C@@H]1CO. The van der Waals surface area contributed by atoms with Gasteiger partial charge in [-0.25, -0.2) is 4.79 Å². The Labute approximate surface area is 128 Å². The number of carbonyl (C=O) groups is 1. The minimum atomic E-state index is -0.468. The molecule has 1 aromatic rings. The van der Waals surface area contributed by atoms with Gasteiger partial charge in [0.25, 0.3) is 5.69 Å². The fourth-order valence-corrected chi connectivity index (χ4v) is 2.84. The third-order valence-corrected chi connectivity index (χ3v) is 4.13. The number of non-ortho nitro benzene ring substituents is 1. The second kappa shape index (κ2) is 7.22. The summed E-state index contributed by atoms with van der Waals surface area (Å²) >= 11 is 0. The number of carbonyl (C=O) groups excluding carboxylic acids is 1. The van der Waals surface area contributed by atoms with E-state index in [1.165, 1.54) is 18.2 Å². The van der Waals surface area contributed by atoms with Crippen molar-refractivity contribution in [1.29, 1.82) is 0 Å².